The number of nitrogens with zero attached hydrogens (tertiary/aromatic N) is 3. The maximum Gasteiger partial charge on any atom is 0.318 e. The molecule has 1 aliphatic carbocycles. The van der Waals surface area contributed by atoms with Crippen LogP contribution in [-0.4, -0.2) is 97.3 Å². The number of nitrogens with one attached hydrogen (secondary N) is 1. The van der Waals surface area contributed by atoms with E-state index in [0.29, 0.717) is 49.9 Å². The van der Waals surface area contributed by atoms with E-state index in [9.17, 15) is 14.4 Å². The predicted octanol–water partition coefficient (Wildman–Crippen LogP) is 4.28. The zero-order chi connectivity index (χ0) is 31.3. The zero-order valence-electron chi connectivity index (χ0n) is 26.5. The van der Waals surface area contributed by atoms with E-state index in [-0.39, 0.29) is 30.5 Å². The molecule has 244 valence electrons. The van der Waals surface area contributed by atoms with Crippen molar-refractivity contribution in [1.29, 1.82) is 0 Å². The molecular formula is C34H46N4O7. The molecule has 6 bridgehead atoms. The van der Waals surface area contributed by atoms with Crippen LogP contribution in [0.15, 0.2) is 18.2 Å². The van der Waals surface area contributed by atoms with Gasteiger partial charge in [0.15, 0.2) is 0 Å². The van der Waals surface area contributed by atoms with Crippen molar-refractivity contribution in [3.05, 3.63) is 23.8 Å². The van der Waals surface area contributed by atoms with Gasteiger partial charge in [-0.15, -0.1) is 0 Å². The van der Waals surface area contributed by atoms with Gasteiger partial charge in [-0.2, -0.15) is 0 Å². The Morgan fingerprint density at radius 3 is 2.67 bits per heavy atom. The largest absolute Gasteiger partial charge is 0.496 e. The molecule has 0 spiro atoms. The van der Waals surface area contributed by atoms with E-state index >= 15 is 0 Å². The quantitative estimate of drug-likeness (QED) is 0.491. The summed E-state index contributed by atoms with van der Waals surface area (Å²) in [5, 5.41) is 3.95. The first-order valence-electron chi connectivity index (χ1n) is 16.7. The zero-order valence-corrected chi connectivity index (χ0v) is 26.5. The number of pyridine rings is 1. The molecule has 4 heterocycles. The number of aldehydes is 1. The lowest BCUT2D eigenvalue weighted by molar-refractivity contribution is -0.138. The fraction of sp³-hybridized carbons (Fsp3) is 0.647. The van der Waals surface area contributed by atoms with Gasteiger partial charge in [-0.1, -0.05) is 19.3 Å². The lowest BCUT2D eigenvalue weighted by atomic mass is 9.83. The molecule has 11 nitrogen and oxygen atoms in total. The summed E-state index contributed by atoms with van der Waals surface area (Å²) in [5.41, 5.74) is 1.69. The number of urea groups is 1. The number of hydrogen-bond donors (Lipinski definition) is 1. The van der Waals surface area contributed by atoms with Crippen LogP contribution in [0.5, 0.6) is 17.4 Å². The number of piperidine rings is 1. The number of benzene rings is 1. The maximum atomic E-state index is 14.3. The molecule has 4 atom stereocenters. The van der Waals surface area contributed by atoms with E-state index in [2.05, 4.69) is 11.4 Å². The first-order valence-corrected chi connectivity index (χ1v) is 16.7. The molecule has 1 aromatic heterocycles. The average molecular weight is 623 g/mol. The van der Waals surface area contributed by atoms with Gasteiger partial charge in [-0.25, -0.2) is 9.78 Å². The highest BCUT2D eigenvalue weighted by Crippen LogP contribution is 2.37. The fourth-order valence-electron chi connectivity index (χ4n) is 7.45. The summed E-state index contributed by atoms with van der Waals surface area (Å²) >= 11 is 0. The van der Waals surface area contributed by atoms with Crippen molar-refractivity contribution in [1.82, 2.24) is 20.1 Å². The molecule has 1 N–H and O–H groups in total. The summed E-state index contributed by atoms with van der Waals surface area (Å²) in [6, 6.07) is 4.19. The van der Waals surface area contributed by atoms with Gasteiger partial charge < -0.3 is 38.9 Å². The summed E-state index contributed by atoms with van der Waals surface area (Å²) in [7, 11) is 1.65. The number of aryl methyl sites for hydroxylation is 1. The third-order valence-electron chi connectivity index (χ3n) is 9.76. The standard InChI is InChI=1S/C34H46N4O7/c1-3-43-31-18-30-27-15-23(29(42-2)17-28(27)35-31)11-8-14-44-25-12-7-13-37(19-25)34(41)36-32(22-9-5-4-6-10-22)33(40)38-20-26(45-30)16-24(38)21-39/h15,17-18,21-22,24-26,32H,3-14,16,19-20H2,1-2H3,(H,36,41)/t24-,25-,26+,32-/m0/s1. The Morgan fingerprint density at radius 1 is 1.04 bits per heavy atom. The molecule has 1 aromatic carbocycles. The van der Waals surface area contributed by atoms with Crippen LogP contribution >= 0.6 is 0 Å². The van der Waals surface area contributed by atoms with Crippen molar-refractivity contribution in [2.24, 2.45) is 5.92 Å². The normalized spacial score (nSPS) is 26.9. The molecule has 11 heteroatoms. The molecule has 0 unspecified atom stereocenters. The Labute approximate surface area is 264 Å². The second kappa shape index (κ2) is 14.2. The molecule has 2 aromatic rings. The van der Waals surface area contributed by atoms with Crippen LogP contribution < -0.4 is 19.5 Å². The third-order valence-corrected chi connectivity index (χ3v) is 9.76. The van der Waals surface area contributed by atoms with Crippen LogP contribution in [-0.2, 0) is 20.7 Å². The second-order valence-electron chi connectivity index (χ2n) is 12.8. The number of carbonyl (C=O) groups excluding carboxylic acids is 3. The summed E-state index contributed by atoms with van der Waals surface area (Å²) in [4.78, 5) is 48.4. The first kappa shape index (κ1) is 31.4. The van der Waals surface area contributed by atoms with Crippen molar-refractivity contribution < 1.29 is 33.3 Å². The van der Waals surface area contributed by atoms with Gasteiger partial charge in [0.25, 0.3) is 0 Å². The first-order chi connectivity index (χ1) is 22.0. The summed E-state index contributed by atoms with van der Waals surface area (Å²) < 4.78 is 24.4. The number of rotatable bonds is 5. The van der Waals surface area contributed by atoms with Gasteiger partial charge in [-0.3, -0.25) is 4.79 Å². The Morgan fingerprint density at radius 2 is 1.89 bits per heavy atom. The van der Waals surface area contributed by atoms with Gasteiger partial charge in [0.05, 0.1) is 37.9 Å². The highest BCUT2D eigenvalue weighted by atomic mass is 16.5. The number of fused-ring (bicyclic) bond motifs is 5. The highest BCUT2D eigenvalue weighted by Gasteiger charge is 2.43. The summed E-state index contributed by atoms with van der Waals surface area (Å²) in [6.07, 6.45) is 8.87. The molecule has 1 saturated carbocycles. The maximum absolute atomic E-state index is 14.3. The molecule has 0 radical (unpaired) electrons. The van der Waals surface area contributed by atoms with Gasteiger partial charge >= 0.3 is 6.03 Å². The highest BCUT2D eigenvalue weighted by molar-refractivity contribution is 5.90. The Bertz CT molecular complexity index is 1380. The number of aromatic nitrogens is 1. The van der Waals surface area contributed by atoms with E-state index in [1.54, 1.807) is 23.0 Å². The number of ether oxygens (including phenoxy) is 4. The van der Waals surface area contributed by atoms with Crippen molar-refractivity contribution >= 4 is 29.1 Å². The van der Waals surface area contributed by atoms with Crippen molar-refractivity contribution in [3.63, 3.8) is 0 Å². The third kappa shape index (κ3) is 6.98. The van der Waals surface area contributed by atoms with Crippen molar-refractivity contribution in [3.8, 4) is 17.4 Å². The van der Waals surface area contributed by atoms with Crippen LogP contribution in [0.1, 0.15) is 70.3 Å². The topological polar surface area (TPSA) is 120 Å². The monoisotopic (exact) mass is 622 g/mol. The molecule has 2 saturated heterocycles. The van der Waals surface area contributed by atoms with Gasteiger partial charge in [0.1, 0.15) is 29.9 Å². The molecule has 3 fully saturated rings. The molecule has 3 amide bonds. The molecule has 3 aliphatic heterocycles. The van der Waals surface area contributed by atoms with Crippen LogP contribution in [0.25, 0.3) is 10.9 Å². The fourth-order valence-corrected chi connectivity index (χ4v) is 7.45. The van der Waals surface area contributed by atoms with E-state index in [0.717, 1.165) is 80.8 Å². The molecule has 4 aliphatic rings. The number of hydrogen-bond acceptors (Lipinski definition) is 8. The summed E-state index contributed by atoms with van der Waals surface area (Å²) in [5.74, 6) is 1.57. The van der Waals surface area contributed by atoms with Gasteiger partial charge in [0, 0.05) is 43.6 Å². The SMILES string of the molecule is CCOc1cc2c3cc(c(OC)cc3n1)CCCO[C@H]1CCCN(C1)C(=O)N[C@@H](C1CCCCC1)C(=O)N1C[C@@H](C[C@H]1C=O)O2. The Balaban J connectivity index is 1.37. The Kier molecular flexibility index (Phi) is 9.92. The second-order valence-corrected chi connectivity index (χ2v) is 12.8. The van der Waals surface area contributed by atoms with E-state index < -0.39 is 18.2 Å². The van der Waals surface area contributed by atoms with E-state index in [1.807, 2.05) is 13.0 Å². The average Bonchev–Trinajstić information content (AvgIpc) is 3.48. The summed E-state index contributed by atoms with van der Waals surface area (Å²) in [6.45, 7) is 4.26. The van der Waals surface area contributed by atoms with E-state index in [1.165, 1.54) is 0 Å². The number of amides is 3. The minimum Gasteiger partial charge on any atom is -0.496 e. The van der Waals surface area contributed by atoms with E-state index in [4.69, 9.17) is 23.9 Å². The predicted molar refractivity (Wildman–Crippen MR) is 168 cm³/mol. The van der Waals surface area contributed by atoms with Crippen LogP contribution in [0, 0.1) is 5.92 Å². The minimum atomic E-state index is -0.691. The van der Waals surface area contributed by atoms with Crippen molar-refractivity contribution in [2.45, 2.75) is 95.4 Å². The molecular weight excluding hydrogens is 576 g/mol. The van der Waals surface area contributed by atoms with Crippen molar-refractivity contribution in [2.75, 3.05) is 40.0 Å². The molecule has 6 rings (SSSR count). The van der Waals surface area contributed by atoms with Crippen LogP contribution in [0.4, 0.5) is 4.79 Å². The molecule has 45 heavy (non-hydrogen) atoms. The number of methoxy groups -OCH3 is 1. The lowest BCUT2D eigenvalue weighted by Crippen LogP contribution is -2.58. The smallest absolute Gasteiger partial charge is 0.318 e. The number of carbonyl (C=O) groups is 3. The minimum absolute atomic E-state index is 0.0275. The lowest BCUT2D eigenvalue weighted by Gasteiger charge is -2.37. The Hall–Kier alpha value is -3.60. The van der Waals surface area contributed by atoms with Crippen LogP contribution in [0.2, 0.25) is 0 Å². The van der Waals surface area contributed by atoms with Crippen LogP contribution in [0.3, 0.4) is 0 Å². The van der Waals surface area contributed by atoms with Gasteiger partial charge in [-0.05, 0) is 63.0 Å². The van der Waals surface area contributed by atoms with Gasteiger partial charge in [0.2, 0.25) is 11.8 Å².